The molecule has 0 unspecified atom stereocenters. The number of ether oxygens (including phenoxy) is 1. The van der Waals surface area contributed by atoms with Crippen molar-refractivity contribution < 1.29 is 9.84 Å². The van der Waals surface area contributed by atoms with Crippen LogP contribution < -0.4 is 10.1 Å². The average Bonchev–Trinajstić information content (AvgIpc) is 2.23. The van der Waals surface area contributed by atoms with Gasteiger partial charge >= 0.3 is 0 Å². The summed E-state index contributed by atoms with van der Waals surface area (Å²) >= 11 is 0. The highest BCUT2D eigenvalue weighted by atomic mass is 16.5. The van der Waals surface area contributed by atoms with Crippen LogP contribution in [0.1, 0.15) is 32.2 Å². The van der Waals surface area contributed by atoms with E-state index in [1.165, 1.54) is 0 Å². The van der Waals surface area contributed by atoms with Gasteiger partial charge in [-0.05, 0) is 39.4 Å². The van der Waals surface area contributed by atoms with E-state index in [-0.39, 0.29) is 6.61 Å². The summed E-state index contributed by atoms with van der Waals surface area (Å²) < 4.78 is 5.60. The molecular weight excluding hydrogens is 216 g/mol. The van der Waals surface area contributed by atoms with Gasteiger partial charge in [-0.2, -0.15) is 0 Å². The molecule has 1 aromatic rings. The molecule has 0 aliphatic rings. The number of hydrogen-bond acceptors (Lipinski definition) is 4. The Hall–Kier alpha value is -1.13. The van der Waals surface area contributed by atoms with Crippen LogP contribution in [-0.2, 0) is 6.54 Å². The molecule has 2 N–H and O–H groups in total. The van der Waals surface area contributed by atoms with Gasteiger partial charge in [-0.1, -0.05) is 6.92 Å². The molecule has 1 heterocycles. The summed E-state index contributed by atoms with van der Waals surface area (Å²) in [7, 11) is 0. The standard InChI is InChI=1S/C13H22N2O2/c1-5-14-8-11-12(7-6-10(2)15-11)17-9-13(3,4)16/h6-7,14,16H,5,8-9H2,1-4H3. The molecule has 1 rings (SSSR count). The smallest absolute Gasteiger partial charge is 0.142 e. The van der Waals surface area contributed by atoms with Gasteiger partial charge in [-0.15, -0.1) is 0 Å². The van der Waals surface area contributed by atoms with Crippen LogP contribution in [0, 0.1) is 6.92 Å². The highest BCUT2D eigenvalue weighted by molar-refractivity contribution is 5.29. The Morgan fingerprint density at radius 1 is 1.41 bits per heavy atom. The molecule has 0 amide bonds. The second-order valence-corrected chi connectivity index (χ2v) is 4.78. The molecule has 0 saturated carbocycles. The zero-order valence-corrected chi connectivity index (χ0v) is 11.1. The van der Waals surface area contributed by atoms with Crippen molar-refractivity contribution in [3.05, 3.63) is 23.5 Å². The van der Waals surface area contributed by atoms with Crippen molar-refractivity contribution in [3.8, 4) is 5.75 Å². The molecular formula is C13H22N2O2. The van der Waals surface area contributed by atoms with E-state index in [0.29, 0.717) is 6.54 Å². The Bertz CT molecular complexity index is 359. The molecule has 17 heavy (non-hydrogen) atoms. The van der Waals surface area contributed by atoms with Crippen LogP contribution in [0.15, 0.2) is 12.1 Å². The van der Waals surface area contributed by atoms with Gasteiger partial charge in [0.2, 0.25) is 0 Å². The van der Waals surface area contributed by atoms with Crippen molar-refractivity contribution in [1.29, 1.82) is 0 Å². The largest absolute Gasteiger partial charge is 0.489 e. The van der Waals surface area contributed by atoms with Crippen LogP contribution in [0.3, 0.4) is 0 Å². The number of aromatic nitrogens is 1. The molecule has 4 nitrogen and oxygen atoms in total. The summed E-state index contributed by atoms with van der Waals surface area (Å²) in [6, 6.07) is 3.82. The SMILES string of the molecule is CCNCc1nc(C)ccc1OCC(C)(C)O. The first-order chi connectivity index (χ1) is 7.92. The Kier molecular flexibility index (Phi) is 4.90. The van der Waals surface area contributed by atoms with E-state index < -0.39 is 5.60 Å². The van der Waals surface area contributed by atoms with Gasteiger partial charge in [-0.3, -0.25) is 4.98 Å². The molecule has 0 bridgehead atoms. The number of nitrogens with one attached hydrogen (secondary N) is 1. The van der Waals surface area contributed by atoms with Gasteiger partial charge in [0.1, 0.15) is 12.4 Å². The first-order valence-corrected chi connectivity index (χ1v) is 5.95. The number of pyridine rings is 1. The van der Waals surface area contributed by atoms with Crippen molar-refractivity contribution in [3.63, 3.8) is 0 Å². The van der Waals surface area contributed by atoms with Crippen LogP contribution in [-0.4, -0.2) is 28.8 Å². The summed E-state index contributed by atoms with van der Waals surface area (Å²) in [5.74, 6) is 0.735. The lowest BCUT2D eigenvalue weighted by molar-refractivity contribution is 0.0279. The van der Waals surface area contributed by atoms with E-state index in [1.807, 2.05) is 26.0 Å². The van der Waals surface area contributed by atoms with E-state index >= 15 is 0 Å². The monoisotopic (exact) mass is 238 g/mol. The van der Waals surface area contributed by atoms with E-state index in [9.17, 15) is 5.11 Å². The lowest BCUT2D eigenvalue weighted by atomic mass is 10.2. The minimum Gasteiger partial charge on any atom is -0.489 e. The van der Waals surface area contributed by atoms with Crippen LogP contribution in [0.2, 0.25) is 0 Å². The summed E-state index contributed by atoms with van der Waals surface area (Å²) in [5, 5.41) is 12.9. The first kappa shape index (κ1) is 13.9. The van der Waals surface area contributed by atoms with Gasteiger partial charge < -0.3 is 15.2 Å². The minimum absolute atomic E-state index is 0.261. The number of aliphatic hydroxyl groups is 1. The zero-order valence-electron chi connectivity index (χ0n) is 11.1. The molecule has 0 aliphatic heterocycles. The highest BCUT2D eigenvalue weighted by Gasteiger charge is 2.15. The molecule has 4 heteroatoms. The molecule has 1 aromatic heterocycles. The third kappa shape index (κ3) is 5.15. The molecule has 0 atom stereocenters. The van der Waals surface area contributed by atoms with Gasteiger partial charge in [-0.25, -0.2) is 0 Å². The summed E-state index contributed by atoms with van der Waals surface area (Å²) in [6.45, 7) is 9.27. The molecule has 96 valence electrons. The maximum atomic E-state index is 9.64. The van der Waals surface area contributed by atoms with E-state index in [0.717, 1.165) is 23.7 Å². The van der Waals surface area contributed by atoms with Crippen LogP contribution in [0.25, 0.3) is 0 Å². The molecule has 0 aromatic carbocycles. The summed E-state index contributed by atoms with van der Waals surface area (Å²) in [5.41, 5.74) is 1.02. The average molecular weight is 238 g/mol. The number of hydrogen-bond donors (Lipinski definition) is 2. The van der Waals surface area contributed by atoms with Crippen molar-refractivity contribution in [1.82, 2.24) is 10.3 Å². The zero-order chi connectivity index (χ0) is 12.9. The Morgan fingerprint density at radius 3 is 2.71 bits per heavy atom. The maximum absolute atomic E-state index is 9.64. The third-order valence-corrected chi connectivity index (χ3v) is 2.19. The van der Waals surface area contributed by atoms with Gasteiger partial charge in [0.25, 0.3) is 0 Å². The van der Waals surface area contributed by atoms with Crippen molar-refractivity contribution in [2.45, 2.75) is 39.8 Å². The Balaban J connectivity index is 2.75. The van der Waals surface area contributed by atoms with Crippen LogP contribution in [0.4, 0.5) is 0 Å². The summed E-state index contributed by atoms with van der Waals surface area (Å²) in [4.78, 5) is 4.44. The number of aryl methyl sites for hydroxylation is 1. The maximum Gasteiger partial charge on any atom is 0.142 e. The third-order valence-electron chi connectivity index (χ3n) is 2.19. The summed E-state index contributed by atoms with van der Waals surface area (Å²) in [6.07, 6.45) is 0. The Morgan fingerprint density at radius 2 is 2.12 bits per heavy atom. The molecule has 0 spiro atoms. The predicted octanol–water partition coefficient (Wildman–Crippen LogP) is 1.65. The number of nitrogens with zero attached hydrogens (tertiary/aromatic N) is 1. The fourth-order valence-electron chi connectivity index (χ4n) is 1.35. The normalized spacial score (nSPS) is 11.6. The predicted molar refractivity (Wildman–Crippen MR) is 68.1 cm³/mol. The molecule has 0 saturated heterocycles. The van der Waals surface area contributed by atoms with Crippen molar-refractivity contribution in [2.75, 3.05) is 13.2 Å². The molecule has 0 fully saturated rings. The van der Waals surface area contributed by atoms with Crippen LogP contribution >= 0.6 is 0 Å². The topological polar surface area (TPSA) is 54.4 Å². The van der Waals surface area contributed by atoms with Gasteiger partial charge in [0.15, 0.2) is 0 Å². The lowest BCUT2D eigenvalue weighted by Gasteiger charge is -2.19. The number of rotatable bonds is 6. The quantitative estimate of drug-likeness (QED) is 0.791. The Labute approximate surface area is 103 Å². The van der Waals surface area contributed by atoms with E-state index in [1.54, 1.807) is 13.8 Å². The van der Waals surface area contributed by atoms with Gasteiger partial charge in [0.05, 0.1) is 11.3 Å². The second-order valence-electron chi connectivity index (χ2n) is 4.78. The molecule has 0 aliphatic carbocycles. The minimum atomic E-state index is -0.833. The van der Waals surface area contributed by atoms with Crippen LogP contribution in [0.5, 0.6) is 5.75 Å². The van der Waals surface area contributed by atoms with Gasteiger partial charge in [0, 0.05) is 12.2 Å². The van der Waals surface area contributed by atoms with E-state index in [4.69, 9.17) is 4.74 Å². The fraction of sp³-hybridized carbons (Fsp3) is 0.615. The van der Waals surface area contributed by atoms with E-state index in [2.05, 4.69) is 10.3 Å². The second kappa shape index (κ2) is 5.98. The lowest BCUT2D eigenvalue weighted by Crippen LogP contribution is -2.28. The molecule has 0 radical (unpaired) electrons. The highest BCUT2D eigenvalue weighted by Crippen LogP contribution is 2.18. The first-order valence-electron chi connectivity index (χ1n) is 5.95. The fourth-order valence-corrected chi connectivity index (χ4v) is 1.35. The van der Waals surface area contributed by atoms with Crippen molar-refractivity contribution in [2.24, 2.45) is 0 Å². The van der Waals surface area contributed by atoms with Crippen molar-refractivity contribution >= 4 is 0 Å².